The highest BCUT2D eigenvalue weighted by Gasteiger charge is 2.38. The predicted molar refractivity (Wildman–Crippen MR) is 196 cm³/mol. The van der Waals surface area contributed by atoms with Crippen LogP contribution in [0.3, 0.4) is 0 Å². The van der Waals surface area contributed by atoms with E-state index in [4.69, 9.17) is 5.26 Å². The maximum atomic E-state index is 11.4. The number of hydrogen-bond acceptors (Lipinski definition) is 7. The summed E-state index contributed by atoms with van der Waals surface area (Å²) in [4.78, 5) is 27.2. The van der Waals surface area contributed by atoms with Crippen molar-refractivity contribution < 1.29 is 9.53 Å². The van der Waals surface area contributed by atoms with Crippen LogP contribution in [0.2, 0.25) is 0 Å². The number of carbonyl (C=O) groups is 1. The highest BCUT2D eigenvalue weighted by molar-refractivity contribution is 5.84. The van der Waals surface area contributed by atoms with E-state index >= 15 is 0 Å². The Kier molecular flexibility index (Phi) is 9.99. The summed E-state index contributed by atoms with van der Waals surface area (Å²) < 4.78 is 4.59. The number of nitrogens with zero attached hydrogens (tertiary/aromatic N) is 5. The van der Waals surface area contributed by atoms with Crippen LogP contribution < -0.4 is 0 Å². The molecule has 4 aromatic rings. The topological polar surface area (TPSA) is 102 Å². The summed E-state index contributed by atoms with van der Waals surface area (Å²) in [6, 6.07) is 15.0. The molecular formula is C43H45N5O2. The molecule has 2 heterocycles. The first kappa shape index (κ1) is 36.0. The normalized spacial score (nSPS) is 17.0. The first-order valence-corrected chi connectivity index (χ1v) is 17.0. The van der Waals surface area contributed by atoms with Gasteiger partial charge in [0.2, 0.25) is 11.6 Å². The molecule has 254 valence electrons. The van der Waals surface area contributed by atoms with Gasteiger partial charge in [-0.2, -0.15) is 5.26 Å². The molecule has 0 saturated carbocycles. The number of esters is 1. The van der Waals surface area contributed by atoms with E-state index in [0.29, 0.717) is 11.1 Å². The standard InChI is InChI=1S/C22H24N2O2.C21H21N3/c1-21(2)10-11-22(3,4)18-12-15(8-9-17(18)21)6-7-16-13-23-19(24-14-16)20(25)26-5;1-20(2)9-10-21(3,4)18-11-15(7-8-17(18)20)5-6-16-13-23-19(12-22)24-14-16/h8-9,12-14H,10-11H2,1-5H3;7-8,11,13-14H,9-10H2,1-4H3. The van der Waals surface area contributed by atoms with Gasteiger partial charge in [0.25, 0.3) is 0 Å². The molecule has 0 fully saturated rings. The summed E-state index contributed by atoms with van der Waals surface area (Å²) in [7, 11) is 1.30. The van der Waals surface area contributed by atoms with Gasteiger partial charge >= 0.3 is 5.97 Å². The zero-order chi connectivity index (χ0) is 36.3. The van der Waals surface area contributed by atoms with Crippen LogP contribution in [0, 0.1) is 35.0 Å². The zero-order valence-electron chi connectivity index (χ0n) is 30.7. The SMILES string of the molecule is CC1(C)CCC(C)(C)c2cc(C#Cc3cnc(C#N)nc3)ccc21.COC(=O)c1ncc(C#Cc2ccc3c(c2)C(C)(C)CCC3(C)C)cn1. The molecule has 0 bridgehead atoms. The number of ether oxygens (including phenoxy) is 1. The number of hydrogen-bond donors (Lipinski definition) is 0. The summed E-state index contributed by atoms with van der Waals surface area (Å²) in [6.45, 7) is 18.5. The number of methoxy groups -OCH3 is 1. The number of aromatic nitrogens is 4. The highest BCUT2D eigenvalue weighted by atomic mass is 16.5. The Morgan fingerprint density at radius 3 is 1.32 bits per heavy atom. The number of rotatable bonds is 1. The molecule has 0 saturated heterocycles. The fourth-order valence-corrected chi connectivity index (χ4v) is 6.66. The first-order valence-electron chi connectivity index (χ1n) is 17.0. The molecule has 0 N–H and O–H groups in total. The molecule has 2 aliphatic rings. The number of fused-ring (bicyclic) bond motifs is 2. The van der Waals surface area contributed by atoms with Gasteiger partial charge in [0.05, 0.1) is 18.2 Å². The third-order valence-electron chi connectivity index (χ3n) is 10.2. The van der Waals surface area contributed by atoms with Crippen LogP contribution in [0.4, 0.5) is 0 Å². The Balaban J connectivity index is 0.000000195. The van der Waals surface area contributed by atoms with Gasteiger partial charge in [-0.05, 0) is 93.9 Å². The van der Waals surface area contributed by atoms with Crippen molar-refractivity contribution >= 4 is 5.97 Å². The number of benzene rings is 2. The van der Waals surface area contributed by atoms with Crippen LogP contribution in [-0.4, -0.2) is 33.0 Å². The molecule has 2 aromatic carbocycles. The van der Waals surface area contributed by atoms with Crippen molar-refractivity contribution in [1.29, 1.82) is 5.26 Å². The second-order valence-corrected chi connectivity index (χ2v) is 15.8. The average molecular weight is 664 g/mol. The maximum Gasteiger partial charge on any atom is 0.376 e. The van der Waals surface area contributed by atoms with E-state index in [2.05, 4.69) is 140 Å². The lowest BCUT2D eigenvalue weighted by Gasteiger charge is -2.41. The fourth-order valence-electron chi connectivity index (χ4n) is 6.66. The molecular weight excluding hydrogens is 619 g/mol. The Morgan fingerprint density at radius 2 is 0.940 bits per heavy atom. The quantitative estimate of drug-likeness (QED) is 0.150. The molecule has 2 aliphatic carbocycles. The van der Waals surface area contributed by atoms with Crippen molar-refractivity contribution in [3.8, 4) is 29.8 Å². The Morgan fingerprint density at radius 1 is 0.580 bits per heavy atom. The summed E-state index contributed by atoms with van der Waals surface area (Å²) in [5, 5.41) is 8.73. The summed E-state index contributed by atoms with van der Waals surface area (Å²) in [5.74, 6) is 12.2. The van der Waals surface area contributed by atoms with Crippen LogP contribution in [0.15, 0.2) is 61.2 Å². The molecule has 6 rings (SSSR count). The Bertz CT molecular complexity index is 2080. The smallest absolute Gasteiger partial charge is 0.376 e. The molecule has 0 radical (unpaired) electrons. The lowest BCUT2D eigenvalue weighted by molar-refractivity contribution is 0.0586. The van der Waals surface area contributed by atoms with Crippen molar-refractivity contribution in [2.24, 2.45) is 0 Å². The largest absolute Gasteiger partial charge is 0.463 e. The van der Waals surface area contributed by atoms with E-state index < -0.39 is 5.97 Å². The fraction of sp³-hybridized carbons (Fsp3) is 0.395. The molecule has 0 amide bonds. The molecule has 0 spiro atoms. The van der Waals surface area contributed by atoms with Gasteiger partial charge in [0, 0.05) is 35.9 Å². The monoisotopic (exact) mass is 663 g/mol. The number of carbonyl (C=O) groups excluding carboxylic acids is 1. The van der Waals surface area contributed by atoms with Crippen LogP contribution in [0.5, 0.6) is 0 Å². The van der Waals surface area contributed by atoms with Crippen molar-refractivity contribution in [2.75, 3.05) is 7.11 Å². The minimum absolute atomic E-state index is 0.0378. The van der Waals surface area contributed by atoms with Crippen molar-refractivity contribution in [1.82, 2.24) is 19.9 Å². The maximum absolute atomic E-state index is 11.4. The number of nitriles is 1. The van der Waals surface area contributed by atoms with E-state index in [-0.39, 0.29) is 33.3 Å². The molecule has 7 heteroatoms. The van der Waals surface area contributed by atoms with Gasteiger partial charge in [0.15, 0.2) is 0 Å². The van der Waals surface area contributed by atoms with Crippen LogP contribution in [0.1, 0.15) is 142 Å². The molecule has 0 unspecified atom stereocenters. The first-order chi connectivity index (χ1) is 23.5. The average Bonchev–Trinajstić information content (AvgIpc) is 3.11. The lowest BCUT2D eigenvalue weighted by Crippen LogP contribution is -2.33. The summed E-state index contributed by atoms with van der Waals surface area (Å²) in [5.41, 5.74) is 9.77. The van der Waals surface area contributed by atoms with Gasteiger partial charge in [-0.25, -0.2) is 24.7 Å². The van der Waals surface area contributed by atoms with Crippen LogP contribution in [0.25, 0.3) is 0 Å². The lowest BCUT2D eigenvalue weighted by atomic mass is 9.63. The molecule has 7 nitrogen and oxygen atoms in total. The minimum Gasteiger partial charge on any atom is -0.463 e. The van der Waals surface area contributed by atoms with E-state index in [1.54, 1.807) is 12.4 Å². The van der Waals surface area contributed by atoms with E-state index in [1.165, 1.54) is 67.4 Å². The van der Waals surface area contributed by atoms with Crippen LogP contribution >= 0.6 is 0 Å². The second-order valence-electron chi connectivity index (χ2n) is 15.8. The third-order valence-corrected chi connectivity index (χ3v) is 10.2. The van der Waals surface area contributed by atoms with Crippen molar-refractivity contribution in [2.45, 2.75) is 103 Å². The van der Waals surface area contributed by atoms with Gasteiger partial charge in [0.1, 0.15) is 6.07 Å². The zero-order valence-corrected chi connectivity index (χ0v) is 30.7. The molecule has 0 atom stereocenters. The summed E-state index contributed by atoms with van der Waals surface area (Å²) >= 11 is 0. The molecule has 2 aromatic heterocycles. The van der Waals surface area contributed by atoms with Crippen molar-refractivity contribution in [3.63, 3.8) is 0 Å². The van der Waals surface area contributed by atoms with Gasteiger partial charge in [-0.15, -0.1) is 0 Å². The summed E-state index contributed by atoms with van der Waals surface area (Å²) in [6.07, 6.45) is 11.0. The van der Waals surface area contributed by atoms with E-state index in [9.17, 15) is 4.79 Å². The van der Waals surface area contributed by atoms with E-state index in [1.807, 2.05) is 6.07 Å². The van der Waals surface area contributed by atoms with Crippen molar-refractivity contribution in [3.05, 3.63) is 117 Å². The van der Waals surface area contributed by atoms with Gasteiger partial charge in [-0.1, -0.05) is 91.2 Å². The molecule has 0 aliphatic heterocycles. The van der Waals surface area contributed by atoms with E-state index in [0.717, 1.165) is 11.1 Å². The predicted octanol–water partition coefficient (Wildman–Crippen LogP) is 8.11. The van der Waals surface area contributed by atoms with Crippen LogP contribution in [-0.2, 0) is 26.4 Å². The van der Waals surface area contributed by atoms with Gasteiger partial charge in [-0.3, -0.25) is 0 Å². The second kappa shape index (κ2) is 13.9. The Labute approximate surface area is 297 Å². The Hall–Kier alpha value is -5.32. The van der Waals surface area contributed by atoms with Gasteiger partial charge < -0.3 is 4.74 Å². The highest BCUT2D eigenvalue weighted by Crippen LogP contribution is 2.47. The third kappa shape index (κ3) is 7.93. The molecule has 50 heavy (non-hydrogen) atoms. The minimum atomic E-state index is -0.552.